The number of aliphatic carboxylic acids is 2. The van der Waals surface area contributed by atoms with Crippen LogP contribution in [0.1, 0.15) is 31.7 Å². The van der Waals surface area contributed by atoms with E-state index in [1.54, 1.807) is 6.07 Å². The Hall–Kier alpha value is -3.48. The van der Waals surface area contributed by atoms with E-state index in [1.165, 1.54) is 23.1 Å². The van der Waals surface area contributed by atoms with E-state index in [2.05, 4.69) is 9.71 Å². The van der Waals surface area contributed by atoms with Crippen molar-refractivity contribution in [3.05, 3.63) is 53.1 Å². The van der Waals surface area contributed by atoms with E-state index in [1.807, 2.05) is 30.0 Å². The van der Waals surface area contributed by atoms with Gasteiger partial charge in [-0.25, -0.2) is 22.7 Å². The second-order valence-electron chi connectivity index (χ2n) is 8.60. The van der Waals surface area contributed by atoms with Gasteiger partial charge >= 0.3 is 18.0 Å². The first-order valence-electron chi connectivity index (χ1n) is 12.0. The number of hydrogen-bond donors (Lipinski definition) is 3. The number of carboxylic acids is 2. The molecule has 3 N–H and O–H groups in total. The molecule has 0 aromatic heterocycles. The molecule has 2 aromatic rings. The molecule has 1 aliphatic rings. The van der Waals surface area contributed by atoms with E-state index in [4.69, 9.17) is 16.7 Å². The maximum Gasteiger partial charge on any atom is 0.350 e. The smallest absolute Gasteiger partial charge is 0.350 e. The van der Waals surface area contributed by atoms with Crippen LogP contribution in [-0.4, -0.2) is 68.5 Å². The highest BCUT2D eigenvalue weighted by molar-refractivity contribution is 7.89. The van der Waals surface area contributed by atoms with Crippen LogP contribution in [0.3, 0.4) is 0 Å². The molecule has 3 rings (SSSR count). The van der Waals surface area contributed by atoms with Crippen molar-refractivity contribution in [2.45, 2.75) is 37.5 Å². The Morgan fingerprint density at radius 1 is 1.11 bits per heavy atom. The molecule has 0 spiro atoms. The lowest BCUT2D eigenvalue weighted by molar-refractivity contribution is -0.136. The molecule has 0 fully saturated rings. The zero-order valence-electron chi connectivity index (χ0n) is 20.8. The van der Waals surface area contributed by atoms with E-state index in [0.29, 0.717) is 29.2 Å². The van der Waals surface area contributed by atoms with E-state index in [9.17, 15) is 27.9 Å². The van der Waals surface area contributed by atoms with Crippen LogP contribution >= 0.6 is 11.6 Å². The van der Waals surface area contributed by atoms with Crippen LogP contribution in [0.5, 0.6) is 0 Å². The second-order valence-corrected chi connectivity index (χ2v) is 10.8. The van der Waals surface area contributed by atoms with Crippen LogP contribution < -0.4 is 14.5 Å². The van der Waals surface area contributed by atoms with Gasteiger partial charge in [-0.2, -0.15) is 4.99 Å². The van der Waals surface area contributed by atoms with Gasteiger partial charge in [-0.05, 0) is 54.8 Å². The number of carboxylic acid groups (broad SMARTS) is 2. The quantitative estimate of drug-likeness (QED) is 0.331. The number of amides is 2. The minimum atomic E-state index is -3.83. The van der Waals surface area contributed by atoms with Gasteiger partial charge in [0.25, 0.3) is 0 Å². The molecular weight excluding hydrogens is 536 g/mol. The number of sulfonamides is 1. The summed E-state index contributed by atoms with van der Waals surface area (Å²) in [6.07, 6.45) is 0.360. The molecule has 0 saturated carbocycles. The Morgan fingerprint density at radius 3 is 2.53 bits per heavy atom. The average Bonchev–Trinajstić information content (AvgIpc) is 3.29. The molecule has 204 valence electrons. The Labute approximate surface area is 225 Å². The summed E-state index contributed by atoms with van der Waals surface area (Å²) in [4.78, 5) is 41.7. The van der Waals surface area contributed by atoms with E-state index in [0.717, 1.165) is 18.7 Å². The summed E-state index contributed by atoms with van der Waals surface area (Å²) >= 11 is 6.10. The van der Waals surface area contributed by atoms with Gasteiger partial charge in [-0.1, -0.05) is 24.6 Å². The van der Waals surface area contributed by atoms with Gasteiger partial charge in [-0.3, -0.25) is 9.69 Å². The molecule has 2 aromatic carbocycles. The van der Waals surface area contributed by atoms with Gasteiger partial charge in [0.05, 0.1) is 11.3 Å². The van der Waals surface area contributed by atoms with Crippen molar-refractivity contribution in [3.8, 4) is 0 Å². The molecule has 0 radical (unpaired) electrons. The van der Waals surface area contributed by atoms with Crippen LogP contribution in [0.4, 0.5) is 16.2 Å². The van der Waals surface area contributed by atoms with Crippen LogP contribution in [0.2, 0.25) is 5.02 Å². The van der Waals surface area contributed by atoms with Gasteiger partial charge < -0.3 is 15.1 Å². The minimum absolute atomic E-state index is 0.0477. The molecule has 0 bridgehead atoms. The predicted octanol–water partition coefficient (Wildman–Crippen LogP) is 3.41. The molecule has 0 aliphatic carbocycles. The number of hydrogen-bond acceptors (Lipinski definition) is 6. The maximum absolute atomic E-state index is 13.0. The lowest BCUT2D eigenvalue weighted by Gasteiger charge is -2.24. The van der Waals surface area contributed by atoms with Gasteiger partial charge in [0.1, 0.15) is 5.71 Å². The number of anilines is 2. The summed E-state index contributed by atoms with van der Waals surface area (Å²) < 4.78 is 28.5. The van der Waals surface area contributed by atoms with Crippen LogP contribution in [0.15, 0.2) is 52.4 Å². The van der Waals surface area contributed by atoms with Gasteiger partial charge in [0.2, 0.25) is 10.0 Å². The predicted molar refractivity (Wildman–Crippen MR) is 144 cm³/mol. The first-order valence-corrected chi connectivity index (χ1v) is 13.8. The number of urea groups is 1. The minimum Gasteiger partial charge on any atom is -0.481 e. The topological polar surface area (TPSA) is 157 Å². The fraction of sp³-hybridized carbons (Fsp3) is 0.360. The number of halogens is 1. The number of carbonyl (C=O) groups excluding carboxylic acids is 1. The molecule has 2 amide bonds. The van der Waals surface area contributed by atoms with Crippen LogP contribution in [0.25, 0.3) is 0 Å². The maximum atomic E-state index is 13.0. The molecule has 0 saturated heterocycles. The number of carbonyl (C=O) groups is 3. The number of nitrogens with zero attached hydrogens (tertiary/aromatic N) is 3. The standard InChI is InChI=1S/C25H29ClN4O7S/c1-2-12-29(19-5-3-4-18(26)16-19)14-11-27-38(36,37)20-6-8-22-17(15-20)10-13-30(22)25(35)28-21(24(33)34)7-9-23(31)32/h3-6,8,15-16,27H,2,7,9-14H2,1H3,(H,31,32)(H,33,34). The second kappa shape index (κ2) is 12.9. The number of nitrogens with one attached hydrogen (secondary N) is 1. The highest BCUT2D eigenvalue weighted by atomic mass is 35.5. The fourth-order valence-electron chi connectivity index (χ4n) is 4.07. The van der Waals surface area contributed by atoms with Gasteiger partial charge in [0.15, 0.2) is 0 Å². The molecule has 0 unspecified atom stereocenters. The number of benzene rings is 2. The third-order valence-corrected chi connectivity index (χ3v) is 7.58. The number of fused-ring (bicyclic) bond motifs is 1. The largest absolute Gasteiger partial charge is 0.481 e. The van der Waals surface area contributed by atoms with Crippen molar-refractivity contribution < 1.29 is 33.0 Å². The lowest BCUT2D eigenvalue weighted by atomic mass is 10.2. The van der Waals surface area contributed by atoms with Crippen LogP contribution in [-0.2, 0) is 26.0 Å². The summed E-state index contributed by atoms with van der Waals surface area (Å²) in [5.41, 5.74) is 1.38. The highest BCUT2D eigenvalue weighted by Crippen LogP contribution is 2.31. The molecule has 1 heterocycles. The van der Waals surface area contributed by atoms with E-state index in [-0.39, 0.29) is 18.0 Å². The lowest BCUT2D eigenvalue weighted by Crippen LogP contribution is -2.35. The van der Waals surface area contributed by atoms with Gasteiger partial charge in [0, 0.05) is 49.0 Å². The zero-order valence-corrected chi connectivity index (χ0v) is 22.3. The van der Waals surface area contributed by atoms with Crippen molar-refractivity contribution in [1.29, 1.82) is 0 Å². The van der Waals surface area contributed by atoms with E-state index >= 15 is 0 Å². The average molecular weight is 565 g/mol. The number of aliphatic imine (C=N–C) groups is 1. The Balaban J connectivity index is 1.69. The van der Waals surface area contributed by atoms with E-state index < -0.39 is 46.5 Å². The van der Waals surface area contributed by atoms with Crippen molar-refractivity contribution in [2.75, 3.05) is 36.0 Å². The molecule has 0 atom stereocenters. The normalized spacial score (nSPS) is 13.3. The highest BCUT2D eigenvalue weighted by Gasteiger charge is 2.27. The molecule has 38 heavy (non-hydrogen) atoms. The molecule has 13 heteroatoms. The first-order chi connectivity index (χ1) is 18.0. The van der Waals surface area contributed by atoms with Crippen molar-refractivity contribution in [2.24, 2.45) is 4.99 Å². The van der Waals surface area contributed by atoms with Crippen molar-refractivity contribution >= 4 is 56.7 Å². The molecule has 11 nitrogen and oxygen atoms in total. The van der Waals surface area contributed by atoms with Crippen LogP contribution in [0, 0.1) is 0 Å². The monoisotopic (exact) mass is 564 g/mol. The Bertz CT molecular complexity index is 1350. The summed E-state index contributed by atoms with van der Waals surface area (Å²) in [7, 11) is -3.83. The van der Waals surface area contributed by atoms with Gasteiger partial charge in [-0.15, -0.1) is 0 Å². The Morgan fingerprint density at radius 2 is 1.87 bits per heavy atom. The van der Waals surface area contributed by atoms with Crippen molar-refractivity contribution in [3.63, 3.8) is 0 Å². The molecular formula is C25H29ClN4O7S. The zero-order chi connectivity index (χ0) is 27.9. The summed E-state index contributed by atoms with van der Waals surface area (Å²) in [6, 6.07) is 10.9. The summed E-state index contributed by atoms with van der Waals surface area (Å²) in [6.45, 7) is 3.55. The van der Waals surface area contributed by atoms with Crippen molar-refractivity contribution in [1.82, 2.24) is 4.72 Å². The first kappa shape index (κ1) is 29.1. The third kappa shape index (κ3) is 7.53. The summed E-state index contributed by atoms with van der Waals surface area (Å²) in [5, 5.41) is 18.6. The molecule has 1 aliphatic heterocycles. The Kier molecular flexibility index (Phi) is 9.84. The number of rotatable bonds is 12. The fourth-order valence-corrected chi connectivity index (χ4v) is 5.32. The SMILES string of the molecule is CCCN(CCNS(=O)(=O)c1ccc2c(c1)CCN2C(=O)N=C(CCC(=O)O)C(=O)O)c1cccc(Cl)c1. The summed E-state index contributed by atoms with van der Waals surface area (Å²) in [5.74, 6) is -2.68. The third-order valence-electron chi connectivity index (χ3n) is 5.88.